The van der Waals surface area contributed by atoms with Gasteiger partial charge in [0.25, 0.3) is 0 Å². The van der Waals surface area contributed by atoms with E-state index in [0.29, 0.717) is 6.54 Å². The molecular formula is C17H19N5OS. The predicted molar refractivity (Wildman–Crippen MR) is 92.8 cm³/mol. The number of fused-ring (bicyclic) bond motifs is 2. The van der Waals surface area contributed by atoms with Crippen molar-refractivity contribution in [2.45, 2.75) is 25.9 Å². The second kappa shape index (κ2) is 6.33. The van der Waals surface area contributed by atoms with Gasteiger partial charge in [0.15, 0.2) is 11.5 Å². The van der Waals surface area contributed by atoms with Gasteiger partial charge in [0.1, 0.15) is 0 Å². The van der Waals surface area contributed by atoms with Gasteiger partial charge in [-0.3, -0.25) is 14.1 Å². The van der Waals surface area contributed by atoms with E-state index in [1.807, 2.05) is 47.1 Å². The predicted octanol–water partition coefficient (Wildman–Crippen LogP) is 2.03. The van der Waals surface area contributed by atoms with Crippen molar-refractivity contribution in [1.82, 2.24) is 24.8 Å². The van der Waals surface area contributed by atoms with Gasteiger partial charge in [0.05, 0.1) is 12.6 Å². The van der Waals surface area contributed by atoms with Gasteiger partial charge in [0.2, 0.25) is 5.91 Å². The highest BCUT2D eigenvalue weighted by Gasteiger charge is 2.21. The minimum absolute atomic E-state index is 0.0221. The van der Waals surface area contributed by atoms with Gasteiger partial charge >= 0.3 is 0 Å². The lowest BCUT2D eigenvalue weighted by Crippen LogP contribution is -2.40. The summed E-state index contributed by atoms with van der Waals surface area (Å²) >= 11 is 1.81. The van der Waals surface area contributed by atoms with E-state index in [2.05, 4.69) is 31.9 Å². The first kappa shape index (κ1) is 15.3. The molecule has 1 amide bonds. The molecule has 7 heteroatoms. The maximum Gasteiger partial charge on any atom is 0.234 e. The summed E-state index contributed by atoms with van der Waals surface area (Å²) in [6.45, 7) is 4.14. The monoisotopic (exact) mass is 341 g/mol. The highest BCUT2D eigenvalue weighted by Crippen LogP contribution is 2.23. The molecule has 0 aliphatic carbocycles. The third-order valence-corrected chi connectivity index (χ3v) is 5.38. The van der Waals surface area contributed by atoms with Crippen LogP contribution in [-0.2, 0) is 17.8 Å². The van der Waals surface area contributed by atoms with Crippen molar-refractivity contribution in [1.29, 1.82) is 0 Å². The molecule has 1 aliphatic rings. The van der Waals surface area contributed by atoms with Crippen molar-refractivity contribution in [3.05, 3.63) is 52.1 Å². The van der Waals surface area contributed by atoms with E-state index in [1.165, 1.54) is 10.4 Å². The minimum Gasteiger partial charge on any atom is -0.345 e. The SMILES string of the molecule is CC(NC(=O)CN1CCc2sccc2C1)c1nnc2ccccn12. The van der Waals surface area contributed by atoms with Crippen LogP contribution in [-0.4, -0.2) is 38.5 Å². The van der Waals surface area contributed by atoms with Crippen LogP contribution in [0.25, 0.3) is 5.65 Å². The van der Waals surface area contributed by atoms with E-state index in [-0.39, 0.29) is 11.9 Å². The molecule has 3 aromatic heterocycles. The Bertz CT molecular complexity index is 871. The average Bonchev–Trinajstić information content (AvgIpc) is 3.20. The molecule has 0 spiro atoms. The van der Waals surface area contributed by atoms with Crippen molar-refractivity contribution in [3.63, 3.8) is 0 Å². The van der Waals surface area contributed by atoms with Gasteiger partial charge < -0.3 is 5.32 Å². The van der Waals surface area contributed by atoms with Crippen molar-refractivity contribution < 1.29 is 4.79 Å². The molecule has 1 aliphatic heterocycles. The van der Waals surface area contributed by atoms with Crippen LogP contribution in [0, 0.1) is 0 Å². The molecule has 1 atom stereocenters. The van der Waals surface area contributed by atoms with E-state index in [4.69, 9.17) is 0 Å². The molecule has 0 saturated carbocycles. The first-order chi connectivity index (χ1) is 11.7. The van der Waals surface area contributed by atoms with Crippen molar-refractivity contribution in [2.24, 2.45) is 0 Å². The molecule has 0 bridgehead atoms. The summed E-state index contributed by atoms with van der Waals surface area (Å²) in [4.78, 5) is 16.0. The number of rotatable bonds is 4. The molecule has 124 valence electrons. The topological polar surface area (TPSA) is 62.5 Å². The number of carbonyl (C=O) groups is 1. The molecule has 4 rings (SSSR count). The first-order valence-corrected chi connectivity index (χ1v) is 8.95. The van der Waals surface area contributed by atoms with Gasteiger partial charge in [-0.15, -0.1) is 21.5 Å². The zero-order valence-corrected chi connectivity index (χ0v) is 14.3. The number of hydrogen-bond acceptors (Lipinski definition) is 5. The van der Waals surface area contributed by atoms with E-state index in [0.717, 1.165) is 31.0 Å². The van der Waals surface area contributed by atoms with Gasteiger partial charge in [-0.1, -0.05) is 6.07 Å². The van der Waals surface area contributed by atoms with E-state index in [9.17, 15) is 4.79 Å². The summed E-state index contributed by atoms with van der Waals surface area (Å²) in [7, 11) is 0. The lowest BCUT2D eigenvalue weighted by Gasteiger charge is -2.26. The van der Waals surface area contributed by atoms with Crippen LogP contribution < -0.4 is 5.32 Å². The Hall–Kier alpha value is -2.25. The molecule has 6 nitrogen and oxygen atoms in total. The van der Waals surface area contributed by atoms with Crippen LogP contribution in [0.2, 0.25) is 0 Å². The number of pyridine rings is 1. The van der Waals surface area contributed by atoms with Gasteiger partial charge in [-0.25, -0.2) is 0 Å². The Morgan fingerprint density at radius 1 is 1.38 bits per heavy atom. The fourth-order valence-electron chi connectivity index (χ4n) is 3.15. The standard InChI is InChI=1S/C17H19N5OS/c1-12(17-20-19-15-4-2-3-7-22(15)17)18-16(23)11-21-8-5-14-13(10-21)6-9-24-14/h2-4,6-7,9,12H,5,8,10-11H2,1H3,(H,18,23). The Balaban J connectivity index is 1.39. The second-order valence-corrected chi connectivity index (χ2v) is 7.11. The fraction of sp³-hybridized carbons (Fsp3) is 0.353. The molecule has 4 heterocycles. The van der Waals surface area contributed by atoms with E-state index >= 15 is 0 Å². The zero-order chi connectivity index (χ0) is 16.5. The van der Waals surface area contributed by atoms with Crippen LogP contribution in [0.1, 0.15) is 29.2 Å². The maximum absolute atomic E-state index is 12.4. The Morgan fingerprint density at radius 3 is 3.21 bits per heavy atom. The Morgan fingerprint density at radius 2 is 2.29 bits per heavy atom. The number of nitrogens with zero attached hydrogens (tertiary/aromatic N) is 4. The van der Waals surface area contributed by atoms with Gasteiger partial charge in [-0.05, 0) is 42.5 Å². The third kappa shape index (κ3) is 2.92. The molecule has 0 aromatic carbocycles. The van der Waals surface area contributed by atoms with Crippen LogP contribution in [0.15, 0.2) is 35.8 Å². The quantitative estimate of drug-likeness (QED) is 0.789. The summed E-state index contributed by atoms with van der Waals surface area (Å²) in [5, 5.41) is 13.5. The summed E-state index contributed by atoms with van der Waals surface area (Å²) in [6, 6.07) is 7.73. The Kier molecular flexibility index (Phi) is 4.03. The van der Waals surface area contributed by atoms with Crippen LogP contribution in [0.5, 0.6) is 0 Å². The molecular weight excluding hydrogens is 322 g/mol. The molecule has 0 radical (unpaired) electrons. The molecule has 24 heavy (non-hydrogen) atoms. The highest BCUT2D eigenvalue weighted by atomic mass is 32.1. The second-order valence-electron chi connectivity index (χ2n) is 6.11. The summed E-state index contributed by atoms with van der Waals surface area (Å²) in [6.07, 6.45) is 2.95. The number of aromatic nitrogens is 3. The molecule has 0 fully saturated rings. The maximum atomic E-state index is 12.4. The summed E-state index contributed by atoms with van der Waals surface area (Å²) in [5.41, 5.74) is 2.14. The molecule has 3 aromatic rings. The zero-order valence-electron chi connectivity index (χ0n) is 13.5. The lowest BCUT2D eigenvalue weighted by atomic mass is 10.1. The van der Waals surface area contributed by atoms with E-state index in [1.54, 1.807) is 0 Å². The fourth-order valence-corrected chi connectivity index (χ4v) is 4.04. The van der Waals surface area contributed by atoms with Crippen molar-refractivity contribution in [3.8, 4) is 0 Å². The minimum atomic E-state index is -0.184. The van der Waals surface area contributed by atoms with Crippen LogP contribution in [0.4, 0.5) is 0 Å². The number of thiophene rings is 1. The number of amides is 1. The Labute approximate surface area is 144 Å². The number of carbonyl (C=O) groups excluding carboxylic acids is 1. The van der Waals surface area contributed by atoms with Crippen molar-refractivity contribution >= 4 is 22.9 Å². The lowest BCUT2D eigenvalue weighted by molar-refractivity contribution is -0.123. The van der Waals surface area contributed by atoms with Gasteiger partial charge in [0, 0.05) is 24.2 Å². The van der Waals surface area contributed by atoms with Crippen molar-refractivity contribution in [2.75, 3.05) is 13.1 Å². The smallest absolute Gasteiger partial charge is 0.234 e. The molecule has 1 N–H and O–H groups in total. The largest absolute Gasteiger partial charge is 0.345 e. The normalized spacial score (nSPS) is 16.0. The third-order valence-electron chi connectivity index (χ3n) is 4.36. The molecule has 1 unspecified atom stereocenters. The highest BCUT2D eigenvalue weighted by molar-refractivity contribution is 7.10. The average molecular weight is 341 g/mol. The van der Waals surface area contributed by atoms with Crippen LogP contribution in [0.3, 0.4) is 0 Å². The van der Waals surface area contributed by atoms with E-state index < -0.39 is 0 Å². The number of nitrogens with one attached hydrogen (secondary N) is 1. The molecule has 0 saturated heterocycles. The van der Waals surface area contributed by atoms with Gasteiger partial charge in [-0.2, -0.15) is 0 Å². The summed E-state index contributed by atoms with van der Waals surface area (Å²) < 4.78 is 1.91. The first-order valence-electron chi connectivity index (χ1n) is 8.07. The van der Waals surface area contributed by atoms with Crippen LogP contribution >= 0.6 is 11.3 Å². The summed E-state index contributed by atoms with van der Waals surface area (Å²) in [5.74, 6) is 0.770. The number of hydrogen-bond donors (Lipinski definition) is 1.